The minimum absolute atomic E-state index is 0.151. The van der Waals surface area contributed by atoms with E-state index in [0.29, 0.717) is 23.2 Å². The molecule has 0 saturated heterocycles. The lowest BCUT2D eigenvalue weighted by atomic mass is 10.1. The van der Waals surface area contributed by atoms with E-state index < -0.39 is 16.0 Å². The number of hydrogen-bond donors (Lipinski definition) is 0. The lowest BCUT2D eigenvalue weighted by Crippen LogP contribution is -2.37. The number of carbonyl (C=O) groups is 2. The van der Waals surface area contributed by atoms with E-state index in [4.69, 9.17) is 4.74 Å². The zero-order valence-electron chi connectivity index (χ0n) is 18.4. The molecule has 2 rings (SSSR count). The lowest BCUT2D eigenvalue weighted by Gasteiger charge is -2.22. The van der Waals surface area contributed by atoms with E-state index in [9.17, 15) is 18.0 Å². The Kier molecular flexibility index (Phi) is 7.60. The van der Waals surface area contributed by atoms with Crippen LogP contribution in [-0.4, -0.2) is 49.2 Å². The number of ketones is 1. The van der Waals surface area contributed by atoms with Gasteiger partial charge in [0.1, 0.15) is 5.69 Å². The van der Waals surface area contributed by atoms with Gasteiger partial charge in [0.2, 0.25) is 10.0 Å². The molecular weight excluding hydrogens is 404 g/mol. The summed E-state index contributed by atoms with van der Waals surface area (Å²) in [6.45, 7) is 7.35. The first kappa shape index (κ1) is 23.8. The van der Waals surface area contributed by atoms with Crippen molar-refractivity contribution in [3.63, 3.8) is 0 Å². The van der Waals surface area contributed by atoms with Gasteiger partial charge >= 0.3 is 5.97 Å². The number of carbonyl (C=O) groups excluding carboxylic acids is 2. The molecule has 1 aromatic carbocycles. The van der Waals surface area contributed by atoms with Crippen LogP contribution in [0.4, 0.5) is 0 Å². The Bertz CT molecular complexity index is 1020. The summed E-state index contributed by atoms with van der Waals surface area (Å²) in [7, 11) is -0.869. The maximum absolute atomic E-state index is 13.2. The summed E-state index contributed by atoms with van der Waals surface area (Å²) in [5, 5.41) is 0. The molecule has 0 saturated carbocycles. The summed E-state index contributed by atoms with van der Waals surface area (Å²) >= 11 is 0. The maximum atomic E-state index is 13.2. The van der Waals surface area contributed by atoms with Crippen molar-refractivity contribution in [2.45, 2.75) is 39.0 Å². The van der Waals surface area contributed by atoms with Crippen LogP contribution in [0.5, 0.6) is 0 Å². The van der Waals surface area contributed by atoms with Crippen molar-refractivity contribution in [1.29, 1.82) is 0 Å². The summed E-state index contributed by atoms with van der Waals surface area (Å²) < 4.78 is 34.1. The van der Waals surface area contributed by atoms with Crippen molar-refractivity contribution in [3.05, 3.63) is 52.8 Å². The summed E-state index contributed by atoms with van der Waals surface area (Å²) in [4.78, 5) is 25.5. The Balaban J connectivity index is 2.44. The molecule has 0 aliphatic carbocycles. The summed E-state index contributed by atoms with van der Waals surface area (Å²) in [6, 6.07) is 8.10. The van der Waals surface area contributed by atoms with Gasteiger partial charge in [-0.1, -0.05) is 32.0 Å². The second-order valence-electron chi connectivity index (χ2n) is 7.74. The Morgan fingerprint density at radius 1 is 1.13 bits per heavy atom. The van der Waals surface area contributed by atoms with Crippen LogP contribution in [0.25, 0.3) is 0 Å². The van der Waals surface area contributed by atoms with Gasteiger partial charge in [-0.3, -0.25) is 4.79 Å². The topological polar surface area (TPSA) is 85.7 Å². The molecule has 0 atom stereocenters. The van der Waals surface area contributed by atoms with Gasteiger partial charge in [-0.05, 0) is 43.9 Å². The van der Waals surface area contributed by atoms with Gasteiger partial charge in [0.15, 0.2) is 5.78 Å². The summed E-state index contributed by atoms with van der Waals surface area (Å²) in [5.74, 6) is -0.607. The molecule has 2 aromatic rings. The predicted octanol–water partition coefficient (Wildman–Crippen LogP) is 3.35. The molecular formula is C22H30N2O5S. The highest BCUT2D eigenvalue weighted by atomic mass is 32.2. The SMILES string of the molecule is COC(=O)c1c(C)c(C(=O)CN(CCC(C)C)S(=O)(=O)c2ccccc2)c(C)n1C. The van der Waals surface area contributed by atoms with Crippen molar-refractivity contribution in [1.82, 2.24) is 8.87 Å². The standard InChI is InChI=1S/C22H30N2O5S/c1-15(2)12-13-24(30(27,28)18-10-8-7-9-11-18)14-19(25)20-16(3)21(22(26)29-6)23(5)17(20)4/h7-11,15H,12-14H2,1-6H3. The van der Waals surface area contributed by atoms with E-state index in [2.05, 4.69) is 0 Å². The number of esters is 1. The minimum Gasteiger partial charge on any atom is -0.464 e. The molecule has 8 heteroatoms. The van der Waals surface area contributed by atoms with E-state index in [1.807, 2.05) is 13.8 Å². The van der Waals surface area contributed by atoms with Crippen molar-refractivity contribution in [2.75, 3.05) is 20.2 Å². The van der Waals surface area contributed by atoms with E-state index >= 15 is 0 Å². The monoisotopic (exact) mass is 434 g/mol. The van der Waals surface area contributed by atoms with Gasteiger partial charge in [-0.15, -0.1) is 0 Å². The molecule has 1 heterocycles. The van der Waals surface area contributed by atoms with Crippen LogP contribution >= 0.6 is 0 Å². The maximum Gasteiger partial charge on any atom is 0.354 e. The molecule has 0 unspecified atom stereocenters. The van der Waals surface area contributed by atoms with Crippen molar-refractivity contribution in [2.24, 2.45) is 13.0 Å². The second-order valence-corrected chi connectivity index (χ2v) is 9.68. The fraction of sp³-hybridized carbons (Fsp3) is 0.455. The van der Waals surface area contributed by atoms with Gasteiger partial charge in [-0.25, -0.2) is 13.2 Å². The molecule has 0 aliphatic heterocycles. The molecule has 0 N–H and O–H groups in total. The largest absolute Gasteiger partial charge is 0.464 e. The van der Waals surface area contributed by atoms with Crippen LogP contribution in [0, 0.1) is 19.8 Å². The first-order chi connectivity index (χ1) is 14.0. The van der Waals surface area contributed by atoms with Crippen LogP contribution in [0.2, 0.25) is 0 Å². The fourth-order valence-electron chi connectivity index (χ4n) is 3.44. The number of Topliss-reactive ketones (excluding diaryl/α,β-unsaturated/α-hetero) is 1. The number of benzene rings is 1. The molecule has 0 fully saturated rings. The molecule has 0 spiro atoms. The number of hydrogen-bond acceptors (Lipinski definition) is 5. The molecule has 30 heavy (non-hydrogen) atoms. The minimum atomic E-state index is -3.84. The van der Waals surface area contributed by atoms with E-state index in [0.717, 1.165) is 0 Å². The summed E-state index contributed by atoms with van der Waals surface area (Å²) in [5.41, 5.74) is 1.74. The number of nitrogens with zero attached hydrogens (tertiary/aromatic N) is 2. The Labute approximate surface area is 178 Å². The van der Waals surface area contributed by atoms with Gasteiger partial charge in [0.25, 0.3) is 0 Å². The average molecular weight is 435 g/mol. The molecule has 1 aromatic heterocycles. The van der Waals surface area contributed by atoms with Crippen molar-refractivity contribution < 1.29 is 22.7 Å². The van der Waals surface area contributed by atoms with Crippen LogP contribution in [0.3, 0.4) is 0 Å². The molecule has 0 amide bonds. The van der Waals surface area contributed by atoms with Gasteiger partial charge in [0.05, 0.1) is 18.6 Å². The van der Waals surface area contributed by atoms with Crippen LogP contribution in [0.15, 0.2) is 35.2 Å². The molecule has 0 bridgehead atoms. The van der Waals surface area contributed by atoms with E-state index in [1.54, 1.807) is 43.7 Å². The third-order valence-electron chi connectivity index (χ3n) is 5.24. The number of aromatic nitrogens is 1. The third-order valence-corrected chi connectivity index (χ3v) is 7.10. The molecule has 164 valence electrons. The van der Waals surface area contributed by atoms with Gasteiger partial charge in [-0.2, -0.15) is 4.31 Å². The number of methoxy groups -OCH3 is 1. The first-order valence-corrected chi connectivity index (χ1v) is 11.3. The van der Waals surface area contributed by atoms with E-state index in [1.165, 1.54) is 23.5 Å². The third kappa shape index (κ3) is 4.82. The number of ether oxygens (including phenoxy) is 1. The van der Waals surface area contributed by atoms with Crippen molar-refractivity contribution >= 4 is 21.8 Å². The highest BCUT2D eigenvalue weighted by Gasteiger charge is 2.30. The summed E-state index contributed by atoms with van der Waals surface area (Å²) in [6.07, 6.45) is 0.625. The van der Waals surface area contributed by atoms with Gasteiger partial charge in [0, 0.05) is 24.8 Å². The Morgan fingerprint density at radius 2 is 1.73 bits per heavy atom. The number of sulfonamides is 1. The van der Waals surface area contributed by atoms with Crippen LogP contribution in [-0.2, 0) is 21.8 Å². The normalized spacial score (nSPS) is 11.9. The van der Waals surface area contributed by atoms with Crippen LogP contribution in [0.1, 0.15) is 52.4 Å². The van der Waals surface area contributed by atoms with Gasteiger partial charge < -0.3 is 9.30 Å². The first-order valence-electron chi connectivity index (χ1n) is 9.84. The highest BCUT2D eigenvalue weighted by molar-refractivity contribution is 7.89. The Morgan fingerprint density at radius 3 is 2.27 bits per heavy atom. The predicted molar refractivity (Wildman–Crippen MR) is 115 cm³/mol. The zero-order chi connectivity index (χ0) is 22.6. The Hall–Kier alpha value is -2.45. The fourth-order valence-corrected chi connectivity index (χ4v) is 4.87. The quantitative estimate of drug-likeness (QED) is 0.446. The van der Waals surface area contributed by atoms with Crippen LogP contribution < -0.4 is 0 Å². The molecule has 0 aliphatic rings. The highest BCUT2D eigenvalue weighted by Crippen LogP contribution is 2.24. The van der Waals surface area contributed by atoms with Crippen molar-refractivity contribution in [3.8, 4) is 0 Å². The lowest BCUT2D eigenvalue weighted by molar-refractivity contribution is 0.0588. The number of rotatable bonds is 9. The van der Waals surface area contributed by atoms with E-state index in [-0.39, 0.29) is 35.4 Å². The zero-order valence-corrected chi connectivity index (χ0v) is 19.2. The smallest absolute Gasteiger partial charge is 0.354 e. The second kappa shape index (κ2) is 9.57. The molecule has 7 nitrogen and oxygen atoms in total. The average Bonchev–Trinajstić information content (AvgIpc) is 2.93. The molecule has 0 radical (unpaired) electrons.